The molecule has 5 heteroatoms. The highest BCUT2D eigenvalue weighted by molar-refractivity contribution is 7.22. The summed E-state index contributed by atoms with van der Waals surface area (Å²) in [6, 6.07) is 27.6. The molecular weight excluding hydrogens is 356 g/mol. The van der Waals surface area contributed by atoms with E-state index >= 15 is 0 Å². The Morgan fingerprint density at radius 2 is 1.48 bits per heavy atom. The van der Waals surface area contributed by atoms with Gasteiger partial charge >= 0.3 is 0 Å². The number of anilines is 1. The van der Waals surface area contributed by atoms with E-state index in [0.29, 0.717) is 5.13 Å². The first kappa shape index (κ1) is 17.4. The smallest absolute Gasteiger partial charge is 0.252 e. The number of nitrogens with one attached hydrogen (secondary N) is 1. The van der Waals surface area contributed by atoms with Crippen LogP contribution in [0.2, 0.25) is 0 Å². The van der Waals surface area contributed by atoms with Crippen molar-refractivity contribution < 1.29 is 9.53 Å². The average Bonchev–Trinajstić information content (AvgIpc) is 3.12. The fourth-order valence-electron chi connectivity index (χ4n) is 2.88. The highest BCUT2D eigenvalue weighted by Crippen LogP contribution is 2.27. The van der Waals surface area contributed by atoms with E-state index in [2.05, 4.69) is 10.3 Å². The zero-order valence-electron chi connectivity index (χ0n) is 14.5. The summed E-state index contributed by atoms with van der Waals surface area (Å²) in [6.07, 6.45) is -0.298. The molecule has 0 saturated carbocycles. The van der Waals surface area contributed by atoms with Gasteiger partial charge in [0.05, 0.1) is 10.2 Å². The normalized spacial score (nSPS) is 11.0. The zero-order valence-corrected chi connectivity index (χ0v) is 15.4. The number of carbonyl (C=O) groups excluding carboxylic acids is 1. The van der Waals surface area contributed by atoms with E-state index in [9.17, 15) is 4.79 Å². The summed E-state index contributed by atoms with van der Waals surface area (Å²) < 4.78 is 7.03. The summed E-state index contributed by atoms with van der Waals surface area (Å²) in [5.74, 6) is -0.217. The van der Waals surface area contributed by atoms with E-state index in [1.165, 1.54) is 11.3 Å². The van der Waals surface area contributed by atoms with Crippen LogP contribution in [0.1, 0.15) is 17.2 Å². The van der Waals surface area contributed by atoms with Gasteiger partial charge in [0, 0.05) is 0 Å². The van der Waals surface area contributed by atoms with Gasteiger partial charge in [-0.3, -0.25) is 10.1 Å². The van der Waals surface area contributed by atoms with Gasteiger partial charge in [-0.15, -0.1) is 0 Å². The number of aromatic nitrogens is 1. The predicted octanol–water partition coefficient (Wildman–Crippen LogP) is 5.04. The molecule has 0 saturated heterocycles. The van der Waals surface area contributed by atoms with Crippen molar-refractivity contribution in [1.82, 2.24) is 4.98 Å². The fourth-order valence-corrected chi connectivity index (χ4v) is 3.76. The van der Waals surface area contributed by atoms with Crippen LogP contribution in [0.4, 0.5) is 5.13 Å². The Bertz CT molecular complexity index is 959. The Morgan fingerprint density at radius 1 is 0.889 bits per heavy atom. The number of benzene rings is 3. The van der Waals surface area contributed by atoms with E-state index in [1.807, 2.05) is 84.9 Å². The Hall–Kier alpha value is -3.02. The van der Waals surface area contributed by atoms with Crippen molar-refractivity contribution in [2.45, 2.75) is 6.10 Å². The Kier molecular flexibility index (Phi) is 5.23. The molecule has 0 aliphatic heterocycles. The molecule has 3 aromatic carbocycles. The molecule has 4 nitrogen and oxygen atoms in total. The van der Waals surface area contributed by atoms with Crippen molar-refractivity contribution in [3.63, 3.8) is 0 Å². The molecular formula is C22H18N2O2S. The lowest BCUT2D eigenvalue weighted by Gasteiger charge is -2.18. The quantitative estimate of drug-likeness (QED) is 0.514. The molecule has 134 valence electrons. The van der Waals surface area contributed by atoms with Crippen LogP contribution in [0.25, 0.3) is 10.2 Å². The van der Waals surface area contributed by atoms with Crippen molar-refractivity contribution in [3.05, 3.63) is 96.1 Å². The molecule has 1 amide bonds. The maximum Gasteiger partial charge on any atom is 0.252 e. The molecule has 4 aromatic rings. The highest BCUT2D eigenvalue weighted by Gasteiger charge is 2.16. The molecule has 0 spiro atoms. The number of hydrogen-bond acceptors (Lipinski definition) is 4. The molecule has 0 aliphatic rings. The number of hydrogen-bond donors (Lipinski definition) is 1. The monoisotopic (exact) mass is 374 g/mol. The number of para-hydroxylation sites is 1. The second-order valence-electron chi connectivity index (χ2n) is 6.05. The summed E-state index contributed by atoms with van der Waals surface area (Å²) >= 11 is 1.45. The Morgan fingerprint density at radius 3 is 2.11 bits per heavy atom. The van der Waals surface area contributed by atoms with Crippen LogP contribution in [-0.4, -0.2) is 17.5 Å². The minimum absolute atomic E-state index is 0.0512. The summed E-state index contributed by atoms with van der Waals surface area (Å²) in [5.41, 5.74) is 2.90. The molecule has 27 heavy (non-hydrogen) atoms. The lowest BCUT2D eigenvalue weighted by molar-refractivity contribution is -0.121. The van der Waals surface area contributed by atoms with Gasteiger partial charge in [-0.1, -0.05) is 84.1 Å². The number of ether oxygens (including phenoxy) is 1. The Labute approximate surface area is 161 Å². The maximum absolute atomic E-state index is 12.4. The SMILES string of the molecule is O=C(COC(c1ccccc1)c1ccccc1)Nc1nc2ccccc2s1. The second-order valence-corrected chi connectivity index (χ2v) is 7.08. The van der Waals surface area contributed by atoms with Crippen molar-refractivity contribution in [2.75, 3.05) is 11.9 Å². The number of amides is 1. The third kappa shape index (κ3) is 4.22. The van der Waals surface area contributed by atoms with Gasteiger partial charge in [0.15, 0.2) is 5.13 Å². The number of rotatable bonds is 6. The van der Waals surface area contributed by atoms with Gasteiger partial charge in [0.25, 0.3) is 5.91 Å². The lowest BCUT2D eigenvalue weighted by atomic mass is 10.0. The highest BCUT2D eigenvalue weighted by atomic mass is 32.1. The van der Waals surface area contributed by atoms with Crippen LogP contribution in [0.3, 0.4) is 0 Å². The molecule has 1 heterocycles. The minimum Gasteiger partial charge on any atom is -0.359 e. The van der Waals surface area contributed by atoms with Crippen LogP contribution in [-0.2, 0) is 9.53 Å². The molecule has 4 rings (SSSR count). The first-order valence-electron chi connectivity index (χ1n) is 8.66. The maximum atomic E-state index is 12.4. The third-order valence-electron chi connectivity index (χ3n) is 4.13. The largest absolute Gasteiger partial charge is 0.359 e. The van der Waals surface area contributed by atoms with Crippen LogP contribution in [0.15, 0.2) is 84.9 Å². The molecule has 0 radical (unpaired) electrons. The van der Waals surface area contributed by atoms with Crippen LogP contribution in [0.5, 0.6) is 0 Å². The number of fused-ring (bicyclic) bond motifs is 1. The van der Waals surface area contributed by atoms with Gasteiger partial charge in [0.1, 0.15) is 12.7 Å². The van der Waals surface area contributed by atoms with Crippen LogP contribution < -0.4 is 5.32 Å². The fraction of sp³-hybridized carbons (Fsp3) is 0.0909. The van der Waals surface area contributed by atoms with Gasteiger partial charge < -0.3 is 4.74 Å². The van der Waals surface area contributed by atoms with Gasteiger partial charge in [0.2, 0.25) is 0 Å². The van der Waals surface area contributed by atoms with Crippen molar-refractivity contribution >= 4 is 32.6 Å². The van der Waals surface area contributed by atoms with E-state index < -0.39 is 0 Å². The van der Waals surface area contributed by atoms with Crippen molar-refractivity contribution in [2.24, 2.45) is 0 Å². The molecule has 0 atom stereocenters. The lowest BCUT2D eigenvalue weighted by Crippen LogP contribution is -2.20. The summed E-state index contributed by atoms with van der Waals surface area (Å²) in [6.45, 7) is -0.0512. The third-order valence-corrected chi connectivity index (χ3v) is 5.08. The van der Waals surface area contributed by atoms with Gasteiger partial charge in [-0.05, 0) is 23.3 Å². The predicted molar refractivity (Wildman–Crippen MR) is 109 cm³/mol. The molecule has 0 bridgehead atoms. The van der Waals surface area contributed by atoms with E-state index in [0.717, 1.165) is 21.3 Å². The number of thiazole rings is 1. The van der Waals surface area contributed by atoms with Crippen molar-refractivity contribution in [3.8, 4) is 0 Å². The summed E-state index contributed by atoms with van der Waals surface area (Å²) in [4.78, 5) is 16.8. The molecule has 0 aliphatic carbocycles. The molecule has 1 aromatic heterocycles. The standard InChI is InChI=1S/C22H18N2O2S/c25-20(24-22-23-18-13-7-8-14-19(18)27-22)15-26-21(16-9-3-1-4-10-16)17-11-5-2-6-12-17/h1-14,21H,15H2,(H,23,24,25). The van der Waals surface area contributed by atoms with Crippen molar-refractivity contribution in [1.29, 1.82) is 0 Å². The van der Waals surface area contributed by atoms with Crippen LogP contribution >= 0.6 is 11.3 Å². The van der Waals surface area contributed by atoms with Crippen LogP contribution in [0, 0.1) is 0 Å². The average molecular weight is 374 g/mol. The number of nitrogens with zero attached hydrogens (tertiary/aromatic N) is 1. The Balaban J connectivity index is 1.46. The minimum atomic E-state index is -0.298. The summed E-state index contributed by atoms with van der Waals surface area (Å²) in [5, 5.41) is 3.42. The van der Waals surface area contributed by atoms with Gasteiger partial charge in [-0.25, -0.2) is 4.98 Å². The zero-order chi connectivity index (χ0) is 18.5. The van der Waals surface area contributed by atoms with E-state index in [-0.39, 0.29) is 18.6 Å². The second kappa shape index (κ2) is 8.12. The number of carbonyl (C=O) groups is 1. The van der Waals surface area contributed by atoms with Gasteiger partial charge in [-0.2, -0.15) is 0 Å². The van der Waals surface area contributed by atoms with E-state index in [4.69, 9.17) is 4.74 Å². The first-order valence-corrected chi connectivity index (χ1v) is 9.48. The first-order chi connectivity index (χ1) is 13.3. The topological polar surface area (TPSA) is 51.2 Å². The molecule has 0 fully saturated rings. The molecule has 1 N–H and O–H groups in total. The summed E-state index contributed by atoms with van der Waals surface area (Å²) in [7, 11) is 0. The molecule has 0 unspecified atom stereocenters. The van der Waals surface area contributed by atoms with E-state index in [1.54, 1.807) is 0 Å².